The first-order valence-electron chi connectivity index (χ1n) is 11.1. The average Bonchev–Trinajstić information content (AvgIpc) is 3.03. The minimum Gasteiger partial charge on any atom is -0.481 e. The van der Waals surface area contributed by atoms with Crippen LogP contribution < -0.4 is 10.6 Å². The second kappa shape index (κ2) is 9.15. The maximum Gasteiger partial charge on any atom is 0.307 e. The van der Waals surface area contributed by atoms with Gasteiger partial charge >= 0.3 is 5.97 Å². The monoisotopic (exact) mass is 446 g/mol. The number of hydrogen-bond donors (Lipinski definition) is 3. The number of amides is 2. The molecule has 6 nitrogen and oxygen atoms in total. The van der Waals surface area contributed by atoms with Crippen molar-refractivity contribution in [1.29, 1.82) is 0 Å². The highest BCUT2D eigenvalue weighted by Gasteiger charge is 2.37. The Morgan fingerprint density at radius 2 is 1.77 bits per heavy atom. The van der Waals surface area contributed by atoms with Gasteiger partial charge in [-0.25, -0.2) is 0 Å². The number of hydrogen-bond acceptors (Lipinski definition) is 4. The van der Waals surface area contributed by atoms with Gasteiger partial charge < -0.3 is 15.7 Å². The van der Waals surface area contributed by atoms with Gasteiger partial charge in [0.15, 0.2) is 0 Å². The lowest BCUT2D eigenvalue weighted by Crippen LogP contribution is -2.35. The highest BCUT2D eigenvalue weighted by Crippen LogP contribution is 2.44. The lowest BCUT2D eigenvalue weighted by molar-refractivity contribution is -0.146. The summed E-state index contributed by atoms with van der Waals surface area (Å²) < 4.78 is 0. The molecule has 0 fully saturated rings. The average molecular weight is 447 g/mol. The molecule has 3 atom stereocenters. The van der Waals surface area contributed by atoms with Crippen LogP contribution in [-0.4, -0.2) is 28.9 Å². The van der Waals surface area contributed by atoms with Gasteiger partial charge in [0.1, 0.15) is 5.00 Å². The van der Waals surface area contributed by atoms with Crippen LogP contribution in [0.1, 0.15) is 74.7 Å². The normalized spacial score (nSPS) is 23.4. The Labute approximate surface area is 188 Å². The second-order valence-corrected chi connectivity index (χ2v) is 11.2. The molecule has 1 aromatic heterocycles. The third kappa shape index (κ3) is 5.20. The van der Waals surface area contributed by atoms with E-state index < -0.39 is 17.8 Å². The van der Waals surface area contributed by atoms with Crippen LogP contribution in [0.3, 0.4) is 0 Å². The maximum atomic E-state index is 13.1. The lowest BCUT2D eigenvalue weighted by atomic mass is 9.72. The Morgan fingerprint density at radius 1 is 1.13 bits per heavy atom. The molecule has 0 radical (unpaired) electrons. The smallest absolute Gasteiger partial charge is 0.307 e. The number of rotatable bonds is 5. The summed E-state index contributed by atoms with van der Waals surface area (Å²) in [5, 5.41) is 16.0. The minimum absolute atomic E-state index is 0.0163. The van der Waals surface area contributed by atoms with Gasteiger partial charge in [0.25, 0.3) is 5.91 Å². The molecule has 2 aliphatic rings. The van der Waals surface area contributed by atoms with Gasteiger partial charge in [-0.3, -0.25) is 14.4 Å². The molecule has 3 N–H and O–H groups in total. The number of aliphatic carboxylic acids is 1. The van der Waals surface area contributed by atoms with Crippen LogP contribution in [0.25, 0.3) is 0 Å². The van der Waals surface area contributed by atoms with Crippen LogP contribution in [0.15, 0.2) is 12.2 Å². The summed E-state index contributed by atoms with van der Waals surface area (Å²) in [6.45, 7) is 10.6. The summed E-state index contributed by atoms with van der Waals surface area (Å²) in [5.74, 6) is -2.30. The Hall–Kier alpha value is -2.15. The number of anilines is 1. The fraction of sp³-hybridized carbons (Fsp3) is 0.625. The minimum atomic E-state index is -0.958. The van der Waals surface area contributed by atoms with E-state index in [9.17, 15) is 19.5 Å². The SMILES string of the molecule is CC(C)NC(=O)c1c(NC(=O)[C@@H]2CC=CC[C@@H]2C(=O)O)sc2c1CC[C@@H](C(C)(C)C)C2. The van der Waals surface area contributed by atoms with E-state index >= 15 is 0 Å². The second-order valence-electron chi connectivity index (χ2n) is 10.1. The zero-order valence-corrected chi connectivity index (χ0v) is 19.9. The van der Waals surface area contributed by atoms with Crippen LogP contribution in [0.5, 0.6) is 0 Å². The molecule has 1 aromatic rings. The number of carboxylic acids is 1. The summed E-state index contributed by atoms with van der Waals surface area (Å²) in [7, 11) is 0. The van der Waals surface area contributed by atoms with Crippen molar-refractivity contribution in [3.8, 4) is 0 Å². The third-order valence-corrected chi connectivity index (χ3v) is 7.63. The van der Waals surface area contributed by atoms with Gasteiger partial charge in [0.2, 0.25) is 5.91 Å². The summed E-state index contributed by atoms with van der Waals surface area (Å²) in [4.78, 5) is 38.9. The predicted octanol–water partition coefficient (Wildman–Crippen LogP) is 4.64. The number of fused-ring (bicyclic) bond motifs is 1. The summed E-state index contributed by atoms with van der Waals surface area (Å²) >= 11 is 1.48. The highest BCUT2D eigenvalue weighted by molar-refractivity contribution is 7.17. The Bertz CT molecular complexity index is 894. The van der Waals surface area contributed by atoms with Crippen LogP contribution >= 0.6 is 11.3 Å². The molecule has 0 unspecified atom stereocenters. The Balaban J connectivity index is 1.93. The van der Waals surface area contributed by atoms with E-state index in [1.54, 1.807) is 0 Å². The quantitative estimate of drug-likeness (QED) is 0.574. The van der Waals surface area contributed by atoms with Crippen molar-refractivity contribution in [2.24, 2.45) is 23.2 Å². The van der Waals surface area contributed by atoms with Crippen molar-refractivity contribution in [2.45, 2.75) is 72.8 Å². The first-order chi connectivity index (χ1) is 14.5. The predicted molar refractivity (Wildman–Crippen MR) is 124 cm³/mol. The Morgan fingerprint density at radius 3 is 2.35 bits per heavy atom. The van der Waals surface area contributed by atoms with Crippen molar-refractivity contribution >= 4 is 34.1 Å². The van der Waals surface area contributed by atoms with Crippen molar-refractivity contribution in [3.05, 3.63) is 28.2 Å². The fourth-order valence-electron chi connectivity index (χ4n) is 4.57. The summed E-state index contributed by atoms with van der Waals surface area (Å²) in [6, 6.07) is -0.0163. The van der Waals surface area contributed by atoms with Gasteiger partial charge in [-0.05, 0) is 62.8 Å². The zero-order valence-electron chi connectivity index (χ0n) is 19.1. The molecule has 0 aromatic carbocycles. The summed E-state index contributed by atoms with van der Waals surface area (Å²) in [5.41, 5.74) is 1.78. The number of carbonyl (C=O) groups is 3. The van der Waals surface area contributed by atoms with Gasteiger partial charge in [0.05, 0.1) is 17.4 Å². The topological polar surface area (TPSA) is 95.5 Å². The van der Waals surface area contributed by atoms with Crippen molar-refractivity contribution in [3.63, 3.8) is 0 Å². The van der Waals surface area contributed by atoms with Crippen molar-refractivity contribution in [2.75, 3.05) is 5.32 Å². The van der Waals surface area contributed by atoms with E-state index in [1.165, 1.54) is 11.3 Å². The highest BCUT2D eigenvalue weighted by atomic mass is 32.1. The molecule has 170 valence electrons. The van der Waals surface area contributed by atoms with Crippen LogP contribution in [-0.2, 0) is 22.4 Å². The van der Waals surface area contributed by atoms with Crippen molar-refractivity contribution in [1.82, 2.24) is 5.32 Å². The summed E-state index contributed by atoms with van der Waals surface area (Å²) in [6.07, 6.45) is 7.15. The number of carboxylic acid groups (broad SMARTS) is 1. The number of carbonyl (C=O) groups excluding carboxylic acids is 2. The molecule has 0 bridgehead atoms. The molecule has 2 amide bonds. The third-order valence-electron chi connectivity index (χ3n) is 6.46. The number of thiophene rings is 1. The van der Waals surface area contributed by atoms with E-state index in [2.05, 4.69) is 31.4 Å². The molecule has 2 aliphatic carbocycles. The fourth-order valence-corrected chi connectivity index (χ4v) is 5.90. The molecular formula is C24H34N2O4S. The van der Waals surface area contributed by atoms with Gasteiger partial charge in [-0.15, -0.1) is 11.3 Å². The van der Waals surface area contributed by atoms with E-state index in [1.807, 2.05) is 26.0 Å². The molecule has 0 saturated heterocycles. The first-order valence-corrected chi connectivity index (χ1v) is 11.9. The standard InChI is InChI=1S/C24H34N2O4S/c1-13(2)25-21(28)19-17-11-10-14(24(3,4)5)12-18(17)31-22(19)26-20(27)15-8-6-7-9-16(15)23(29)30/h6-7,13-16H,8-12H2,1-5H3,(H,25,28)(H,26,27)(H,29,30)/t14-,15-,16+/m1/s1. The molecular weight excluding hydrogens is 412 g/mol. The van der Waals surface area contributed by atoms with Crippen LogP contribution in [0.2, 0.25) is 0 Å². The largest absolute Gasteiger partial charge is 0.481 e. The number of nitrogens with one attached hydrogen (secondary N) is 2. The van der Waals surface area contributed by atoms with Crippen LogP contribution in [0, 0.1) is 23.2 Å². The molecule has 0 aliphatic heterocycles. The number of allylic oxidation sites excluding steroid dienone is 2. The van der Waals surface area contributed by atoms with Crippen LogP contribution in [0.4, 0.5) is 5.00 Å². The Kier molecular flexibility index (Phi) is 6.94. The molecule has 1 heterocycles. The van der Waals surface area contributed by atoms with E-state index in [0.717, 1.165) is 29.7 Å². The van der Waals surface area contributed by atoms with Gasteiger partial charge in [0, 0.05) is 10.9 Å². The molecule has 0 saturated carbocycles. The zero-order chi connectivity index (χ0) is 22.9. The molecule has 7 heteroatoms. The molecule has 31 heavy (non-hydrogen) atoms. The van der Waals surface area contributed by atoms with E-state index in [4.69, 9.17) is 0 Å². The van der Waals surface area contributed by atoms with E-state index in [-0.39, 0.29) is 23.3 Å². The van der Waals surface area contributed by atoms with Gasteiger partial charge in [-0.1, -0.05) is 32.9 Å². The molecule has 3 rings (SSSR count). The first kappa shape index (κ1) is 23.5. The lowest BCUT2D eigenvalue weighted by Gasteiger charge is -2.33. The van der Waals surface area contributed by atoms with Gasteiger partial charge in [-0.2, -0.15) is 0 Å². The van der Waals surface area contributed by atoms with Crippen molar-refractivity contribution < 1.29 is 19.5 Å². The molecule has 0 spiro atoms. The van der Waals surface area contributed by atoms with E-state index in [0.29, 0.717) is 29.3 Å². The maximum absolute atomic E-state index is 13.1.